The molecule has 2 N–H and O–H groups in total. The van der Waals surface area contributed by atoms with E-state index in [-0.39, 0.29) is 24.9 Å². The number of nitrogens with zero attached hydrogens (tertiary/aromatic N) is 5. The van der Waals surface area contributed by atoms with Crippen molar-refractivity contribution in [2.24, 2.45) is 5.92 Å². The number of fused-ring (bicyclic) bond motifs is 1. The highest BCUT2D eigenvalue weighted by Gasteiger charge is 2.37. The monoisotopic (exact) mass is 647 g/mol. The number of aliphatic hydroxyl groups is 1. The van der Waals surface area contributed by atoms with Crippen molar-refractivity contribution in [3.05, 3.63) is 59.9 Å². The topological polar surface area (TPSA) is 111 Å². The van der Waals surface area contributed by atoms with Crippen molar-refractivity contribution in [3.63, 3.8) is 0 Å². The van der Waals surface area contributed by atoms with Crippen molar-refractivity contribution in [2.45, 2.75) is 89.8 Å². The summed E-state index contributed by atoms with van der Waals surface area (Å²) in [6.45, 7) is 10.5. The first-order valence-corrected chi connectivity index (χ1v) is 17.3. The fraction of sp³-hybridized carbons (Fsp3) is 0.595. The molecule has 2 amide bonds. The van der Waals surface area contributed by atoms with Gasteiger partial charge in [-0.1, -0.05) is 24.3 Å². The van der Waals surface area contributed by atoms with Gasteiger partial charge in [-0.3, -0.25) is 9.69 Å². The Kier molecular flexibility index (Phi) is 11.5. The first-order valence-electron chi connectivity index (χ1n) is 17.3. The third-order valence-corrected chi connectivity index (χ3v) is 9.90. The van der Waals surface area contributed by atoms with Crippen molar-refractivity contribution in [1.82, 2.24) is 19.4 Å². The molecule has 0 spiro atoms. The SMILES string of the molecule is COCCCn1c([C@@H]2CCCN(C(=O)C[C@@H](Cc3ccc(N4CCC(CO)CC4)cc3)N(C(=O)O)C(C)(C)C)C2)nc2ccccc21. The number of carboxylic acid groups (broad SMARTS) is 1. The molecule has 0 saturated carbocycles. The van der Waals surface area contributed by atoms with Gasteiger partial charge in [-0.05, 0) is 95.0 Å². The largest absolute Gasteiger partial charge is 0.465 e. The molecule has 2 fully saturated rings. The molecule has 3 heterocycles. The number of anilines is 1. The highest BCUT2D eigenvalue weighted by atomic mass is 16.5. The Morgan fingerprint density at radius 1 is 1.04 bits per heavy atom. The molecule has 2 aromatic carbocycles. The minimum absolute atomic E-state index is 0.0133. The first-order chi connectivity index (χ1) is 22.6. The Morgan fingerprint density at radius 2 is 1.77 bits per heavy atom. The number of aromatic nitrogens is 2. The Bertz CT molecular complexity index is 1470. The Hall–Kier alpha value is -3.63. The second-order valence-corrected chi connectivity index (χ2v) is 14.3. The molecule has 0 bridgehead atoms. The second-order valence-electron chi connectivity index (χ2n) is 14.3. The fourth-order valence-corrected chi connectivity index (χ4v) is 7.49. The molecule has 1 aromatic heterocycles. The summed E-state index contributed by atoms with van der Waals surface area (Å²) >= 11 is 0. The molecule has 256 valence electrons. The van der Waals surface area contributed by atoms with E-state index in [0.717, 1.165) is 79.8 Å². The maximum Gasteiger partial charge on any atom is 0.408 e. The van der Waals surface area contributed by atoms with Crippen LogP contribution in [0.25, 0.3) is 11.0 Å². The molecule has 47 heavy (non-hydrogen) atoms. The highest BCUT2D eigenvalue weighted by molar-refractivity contribution is 5.79. The number of para-hydroxylation sites is 2. The van der Waals surface area contributed by atoms with Gasteiger partial charge in [0.25, 0.3) is 0 Å². The van der Waals surface area contributed by atoms with E-state index in [4.69, 9.17) is 9.72 Å². The number of piperidine rings is 2. The van der Waals surface area contributed by atoms with Gasteiger partial charge in [0.05, 0.1) is 11.0 Å². The van der Waals surface area contributed by atoms with E-state index >= 15 is 0 Å². The van der Waals surface area contributed by atoms with E-state index in [1.807, 2.05) is 43.9 Å². The number of ether oxygens (including phenoxy) is 1. The fourth-order valence-electron chi connectivity index (χ4n) is 7.49. The van der Waals surface area contributed by atoms with Crippen LogP contribution in [0.4, 0.5) is 10.5 Å². The lowest BCUT2D eigenvalue weighted by Gasteiger charge is -2.41. The number of carbonyl (C=O) groups is 2. The van der Waals surface area contributed by atoms with Crippen LogP contribution in [0.2, 0.25) is 0 Å². The molecule has 10 nitrogen and oxygen atoms in total. The molecule has 3 aromatic rings. The van der Waals surface area contributed by atoms with Gasteiger partial charge in [0.15, 0.2) is 0 Å². The number of benzene rings is 2. The van der Waals surface area contributed by atoms with Crippen LogP contribution < -0.4 is 4.90 Å². The summed E-state index contributed by atoms with van der Waals surface area (Å²) in [4.78, 5) is 37.5. The van der Waals surface area contributed by atoms with Gasteiger partial charge < -0.3 is 29.3 Å². The van der Waals surface area contributed by atoms with Crippen molar-refractivity contribution in [1.29, 1.82) is 0 Å². The zero-order chi connectivity index (χ0) is 33.6. The number of hydrogen-bond acceptors (Lipinski definition) is 6. The summed E-state index contributed by atoms with van der Waals surface area (Å²) in [5, 5.41) is 19.9. The summed E-state index contributed by atoms with van der Waals surface area (Å²) in [6.07, 6.45) is 4.22. The zero-order valence-corrected chi connectivity index (χ0v) is 28.6. The van der Waals surface area contributed by atoms with Crippen molar-refractivity contribution in [2.75, 3.05) is 51.4 Å². The van der Waals surface area contributed by atoms with Crippen LogP contribution in [0.5, 0.6) is 0 Å². The minimum Gasteiger partial charge on any atom is -0.465 e. The first kappa shape index (κ1) is 34.7. The molecule has 0 unspecified atom stereocenters. The van der Waals surface area contributed by atoms with Crippen LogP contribution in [0.3, 0.4) is 0 Å². The number of aryl methyl sites for hydroxylation is 1. The highest BCUT2D eigenvalue weighted by Crippen LogP contribution is 2.31. The molecule has 0 radical (unpaired) electrons. The minimum atomic E-state index is -1.01. The average Bonchev–Trinajstić information content (AvgIpc) is 3.43. The Labute approximate surface area is 279 Å². The lowest BCUT2D eigenvalue weighted by molar-refractivity contribution is -0.134. The van der Waals surface area contributed by atoms with E-state index in [2.05, 4.69) is 39.8 Å². The zero-order valence-electron chi connectivity index (χ0n) is 28.6. The Morgan fingerprint density at radius 3 is 2.43 bits per heavy atom. The van der Waals surface area contributed by atoms with E-state index in [0.29, 0.717) is 32.0 Å². The van der Waals surface area contributed by atoms with Gasteiger partial charge >= 0.3 is 6.09 Å². The average molecular weight is 648 g/mol. The maximum absolute atomic E-state index is 14.0. The van der Waals surface area contributed by atoms with Gasteiger partial charge in [-0.25, -0.2) is 9.78 Å². The van der Waals surface area contributed by atoms with Crippen LogP contribution in [-0.2, 0) is 22.5 Å². The molecule has 2 saturated heterocycles. The number of likely N-dealkylation sites (tertiary alicyclic amines) is 1. The van der Waals surface area contributed by atoms with Crippen molar-refractivity contribution in [3.8, 4) is 0 Å². The van der Waals surface area contributed by atoms with Gasteiger partial charge in [0.1, 0.15) is 5.82 Å². The quantitative estimate of drug-likeness (QED) is 0.240. The van der Waals surface area contributed by atoms with Gasteiger partial charge in [0, 0.05) is 82.7 Å². The van der Waals surface area contributed by atoms with Crippen LogP contribution in [0, 0.1) is 5.92 Å². The second kappa shape index (κ2) is 15.5. The predicted molar refractivity (Wildman–Crippen MR) is 185 cm³/mol. The van der Waals surface area contributed by atoms with E-state index in [1.165, 1.54) is 4.90 Å². The molecular formula is C37H53N5O5. The number of aliphatic hydroxyl groups excluding tert-OH is 1. The molecule has 0 aliphatic carbocycles. The third-order valence-electron chi connectivity index (χ3n) is 9.90. The summed E-state index contributed by atoms with van der Waals surface area (Å²) < 4.78 is 7.62. The molecule has 5 rings (SSSR count). The number of rotatable bonds is 12. The normalized spacial score (nSPS) is 18.4. The molecule has 2 aliphatic rings. The van der Waals surface area contributed by atoms with E-state index in [1.54, 1.807) is 7.11 Å². The molecule has 10 heteroatoms. The number of carbonyl (C=O) groups excluding carboxylic acids is 1. The van der Waals surface area contributed by atoms with Gasteiger partial charge in [0.2, 0.25) is 5.91 Å². The number of methoxy groups -OCH3 is 1. The van der Waals surface area contributed by atoms with E-state index < -0.39 is 17.7 Å². The van der Waals surface area contributed by atoms with Crippen LogP contribution in [0.15, 0.2) is 48.5 Å². The summed E-state index contributed by atoms with van der Waals surface area (Å²) in [7, 11) is 1.72. The van der Waals surface area contributed by atoms with Crippen molar-refractivity contribution < 1.29 is 24.5 Å². The number of hydrogen-bond donors (Lipinski definition) is 2. The molecule has 2 aliphatic heterocycles. The lowest BCUT2D eigenvalue weighted by Crippen LogP contribution is -2.54. The van der Waals surface area contributed by atoms with Crippen molar-refractivity contribution >= 4 is 28.7 Å². The Balaban J connectivity index is 1.32. The van der Waals surface area contributed by atoms with Crippen LogP contribution in [0.1, 0.15) is 76.6 Å². The third kappa shape index (κ3) is 8.46. The van der Waals surface area contributed by atoms with Crippen LogP contribution >= 0.6 is 0 Å². The summed E-state index contributed by atoms with van der Waals surface area (Å²) in [6, 6.07) is 16.0. The number of imidazole rings is 1. The van der Waals surface area contributed by atoms with Crippen LogP contribution in [-0.4, -0.2) is 99.6 Å². The lowest BCUT2D eigenvalue weighted by atomic mass is 9.93. The maximum atomic E-state index is 14.0. The number of amides is 2. The molecular weight excluding hydrogens is 594 g/mol. The predicted octanol–water partition coefficient (Wildman–Crippen LogP) is 5.77. The standard InChI is InChI=1S/C37H53N5O5/c1-37(2,3)42(36(45)46)31(23-27-12-14-30(15-13-27)39-20-16-28(26-43)17-21-39)24-34(44)40-18-7-9-29(25-40)35-38-32-10-5-6-11-33(32)41(35)19-8-22-47-4/h5-6,10-15,28-29,31,43H,7-9,16-26H2,1-4H3,(H,45,46)/t29-,31-/m1/s1. The van der Waals surface area contributed by atoms with E-state index in [9.17, 15) is 19.8 Å². The van der Waals surface area contributed by atoms with Gasteiger partial charge in [-0.2, -0.15) is 0 Å². The van der Waals surface area contributed by atoms with Gasteiger partial charge in [-0.15, -0.1) is 0 Å². The summed E-state index contributed by atoms with van der Waals surface area (Å²) in [5.41, 5.74) is 3.53. The molecule has 2 atom stereocenters. The smallest absolute Gasteiger partial charge is 0.408 e. The summed E-state index contributed by atoms with van der Waals surface area (Å²) in [5.74, 6) is 1.48.